The molecule has 1 atom stereocenters. The van der Waals surface area contributed by atoms with Crippen molar-refractivity contribution in [1.82, 2.24) is 10.2 Å². The highest BCUT2D eigenvalue weighted by molar-refractivity contribution is 5.88. The Kier molecular flexibility index (Phi) is 8.03. The molecular formula is C29H32N2O4. The van der Waals surface area contributed by atoms with Gasteiger partial charge in [0, 0.05) is 25.9 Å². The van der Waals surface area contributed by atoms with Gasteiger partial charge in [0.2, 0.25) is 18.6 Å². The summed E-state index contributed by atoms with van der Waals surface area (Å²) in [5, 5.41) is 2.94. The highest BCUT2D eigenvalue weighted by Crippen LogP contribution is 2.33. The summed E-state index contributed by atoms with van der Waals surface area (Å²) in [7, 11) is 0. The Morgan fingerprint density at radius 1 is 0.914 bits per heavy atom. The van der Waals surface area contributed by atoms with Gasteiger partial charge in [-0.05, 0) is 49.1 Å². The number of hydrogen-bond donors (Lipinski definition) is 1. The van der Waals surface area contributed by atoms with E-state index >= 15 is 0 Å². The van der Waals surface area contributed by atoms with Crippen LogP contribution < -0.4 is 14.8 Å². The SMILES string of the molecule is CCNC(=O)[C@@H](Cc1ccccc1)N(Cc1cccc(C)c1)C(=O)CCc1ccc2c(c1)OCO2. The molecule has 3 aromatic rings. The topological polar surface area (TPSA) is 67.9 Å². The van der Waals surface area contributed by atoms with Gasteiger partial charge in [0.15, 0.2) is 11.5 Å². The van der Waals surface area contributed by atoms with Gasteiger partial charge in [-0.25, -0.2) is 0 Å². The van der Waals surface area contributed by atoms with Crippen LogP contribution in [0.1, 0.15) is 35.6 Å². The zero-order valence-electron chi connectivity index (χ0n) is 20.3. The van der Waals surface area contributed by atoms with E-state index in [1.165, 1.54) is 0 Å². The Labute approximate surface area is 206 Å². The summed E-state index contributed by atoms with van der Waals surface area (Å²) in [6.45, 7) is 5.02. The molecule has 182 valence electrons. The maximum absolute atomic E-state index is 13.7. The maximum atomic E-state index is 13.7. The third-order valence-electron chi connectivity index (χ3n) is 6.12. The first kappa shape index (κ1) is 24.3. The zero-order valence-corrected chi connectivity index (χ0v) is 20.3. The fourth-order valence-electron chi connectivity index (χ4n) is 4.34. The summed E-state index contributed by atoms with van der Waals surface area (Å²) in [4.78, 5) is 28.6. The lowest BCUT2D eigenvalue weighted by Gasteiger charge is -2.31. The molecule has 0 spiro atoms. The molecule has 0 radical (unpaired) electrons. The summed E-state index contributed by atoms with van der Waals surface area (Å²) < 4.78 is 10.9. The third-order valence-corrected chi connectivity index (χ3v) is 6.12. The maximum Gasteiger partial charge on any atom is 0.243 e. The van der Waals surface area contributed by atoms with Crippen LogP contribution in [0.25, 0.3) is 0 Å². The standard InChI is InChI=1S/C29H32N2O4/c1-3-30-29(33)25(17-22-9-5-4-6-10-22)31(19-24-11-7-8-21(2)16-24)28(32)15-13-23-12-14-26-27(18-23)35-20-34-26/h4-12,14,16,18,25H,3,13,15,17,19-20H2,1-2H3,(H,30,33)/t25-/m1/s1. The third kappa shape index (κ3) is 6.41. The number of aryl methyl sites for hydroxylation is 2. The van der Waals surface area contributed by atoms with Crippen molar-refractivity contribution in [3.05, 3.63) is 95.1 Å². The average molecular weight is 473 g/mol. The molecule has 1 aliphatic heterocycles. The molecule has 0 aromatic heterocycles. The molecule has 0 saturated heterocycles. The van der Waals surface area contributed by atoms with Gasteiger partial charge in [-0.2, -0.15) is 0 Å². The second-order valence-electron chi connectivity index (χ2n) is 8.80. The fourth-order valence-corrected chi connectivity index (χ4v) is 4.34. The minimum Gasteiger partial charge on any atom is -0.454 e. The number of carbonyl (C=O) groups excluding carboxylic acids is 2. The van der Waals surface area contributed by atoms with E-state index in [1.54, 1.807) is 4.90 Å². The number of rotatable bonds is 10. The van der Waals surface area contributed by atoms with Crippen molar-refractivity contribution in [1.29, 1.82) is 0 Å². The lowest BCUT2D eigenvalue weighted by atomic mass is 10.0. The highest BCUT2D eigenvalue weighted by Gasteiger charge is 2.30. The average Bonchev–Trinajstić information content (AvgIpc) is 3.33. The molecule has 0 fully saturated rings. The largest absolute Gasteiger partial charge is 0.454 e. The summed E-state index contributed by atoms with van der Waals surface area (Å²) in [5.41, 5.74) is 4.13. The molecular weight excluding hydrogens is 440 g/mol. The van der Waals surface area contributed by atoms with Crippen molar-refractivity contribution in [2.75, 3.05) is 13.3 Å². The Bertz CT molecular complexity index is 1160. The molecule has 6 nitrogen and oxygen atoms in total. The van der Waals surface area contributed by atoms with Crippen LogP contribution in [0, 0.1) is 6.92 Å². The fraction of sp³-hybridized carbons (Fsp3) is 0.310. The van der Waals surface area contributed by atoms with Crippen LogP contribution in [0.5, 0.6) is 11.5 Å². The number of carbonyl (C=O) groups is 2. The highest BCUT2D eigenvalue weighted by atomic mass is 16.7. The lowest BCUT2D eigenvalue weighted by molar-refractivity contribution is -0.141. The van der Waals surface area contributed by atoms with Crippen LogP contribution in [0.3, 0.4) is 0 Å². The van der Waals surface area contributed by atoms with Crippen LogP contribution in [0.2, 0.25) is 0 Å². The summed E-state index contributed by atoms with van der Waals surface area (Å²) in [6, 6.07) is 23.1. The second-order valence-corrected chi connectivity index (χ2v) is 8.80. The summed E-state index contributed by atoms with van der Waals surface area (Å²) in [5.74, 6) is 1.23. The van der Waals surface area contributed by atoms with Crippen LogP contribution in [0.15, 0.2) is 72.8 Å². The molecule has 0 bridgehead atoms. The molecule has 1 heterocycles. The number of fused-ring (bicyclic) bond motifs is 1. The van der Waals surface area contributed by atoms with Crippen LogP contribution >= 0.6 is 0 Å². The van der Waals surface area contributed by atoms with Crippen molar-refractivity contribution >= 4 is 11.8 Å². The van der Waals surface area contributed by atoms with Gasteiger partial charge in [-0.1, -0.05) is 66.2 Å². The molecule has 0 unspecified atom stereocenters. The van der Waals surface area contributed by atoms with E-state index in [9.17, 15) is 9.59 Å². The van der Waals surface area contributed by atoms with E-state index in [1.807, 2.05) is 80.6 Å². The molecule has 1 aliphatic rings. The van der Waals surface area contributed by atoms with Gasteiger partial charge in [0.1, 0.15) is 6.04 Å². The van der Waals surface area contributed by atoms with Gasteiger partial charge in [-0.3, -0.25) is 9.59 Å². The predicted octanol–water partition coefficient (Wildman–Crippen LogP) is 4.43. The van der Waals surface area contributed by atoms with Crippen LogP contribution in [0.4, 0.5) is 0 Å². The number of nitrogens with one attached hydrogen (secondary N) is 1. The second kappa shape index (κ2) is 11.6. The van der Waals surface area contributed by atoms with E-state index in [2.05, 4.69) is 11.4 Å². The number of hydrogen-bond acceptors (Lipinski definition) is 4. The Morgan fingerprint density at radius 3 is 2.46 bits per heavy atom. The van der Waals surface area contributed by atoms with E-state index in [-0.39, 0.29) is 25.0 Å². The molecule has 0 saturated carbocycles. The minimum absolute atomic E-state index is 0.0589. The Morgan fingerprint density at radius 2 is 1.69 bits per heavy atom. The smallest absolute Gasteiger partial charge is 0.243 e. The molecule has 2 amide bonds. The van der Waals surface area contributed by atoms with Crippen molar-refractivity contribution in [3.63, 3.8) is 0 Å². The van der Waals surface area contributed by atoms with Crippen molar-refractivity contribution < 1.29 is 19.1 Å². The number of benzene rings is 3. The van der Waals surface area contributed by atoms with Gasteiger partial charge >= 0.3 is 0 Å². The molecule has 0 aliphatic carbocycles. The lowest BCUT2D eigenvalue weighted by Crippen LogP contribution is -2.50. The number of ether oxygens (including phenoxy) is 2. The van der Waals surface area contributed by atoms with Gasteiger partial charge < -0.3 is 19.7 Å². The first-order valence-corrected chi connectivity index (χ1v) is 12.1. The molecule has 1 N–H and O–H groups in total. The van der Waals surface area contributed by atoms with Crippen molar-refractivity contribution in [2.45, 2.75) is 45.7 Å². The normalized spacial score (nSPS) is 12.7. The molecule has 4 rings (SSSR count). The number of amides is 2. The minimum atomic E-state index is -0.609. The van der Waals surface area contributed by atoms with Crippen molar-refractivity contribution in [3.8, 4) is 11.5 Å². The Hall–Kier alpha value is -3.80. The number of likely N-dealkylation sites (N-methyl/N-ethyl adjacent to an activating group) is 1. The van der Waals surface area contributed by atoms with E-state index in [4.69, 9.17) is 9.47 Å². The predicted molar refractivity (Wildman–Crippen MR) is 135 cm³/mol. The van der Waals surface area contributed by atoms with Gasteiger partial charge in [0.05, 0.1) is 0 Å². The van der Waals surface area contributed by atoms with E-state index < -0.39 is 6.04 Å². The monoisotopic (exact) mass is 472 g/mol. The molecule has 3 aromatic carbocycles. The molecule has 6 heteroatoms. The molecule has 35 heavy (non-hydrogen) atoms. The first-order valence-electron chi connectivity index (χ1n) is 12.1. The zero-order chi connectivity index (χ0) is 24.6. The first-order chi connectivity index (χ1) is 17.0. The van der Waals surface area contributed by atoms with Crippen LogP contribution in [-0.4, -0.2) is 36.1 Å². The summed E-state index contributed by atoms with van der Waals surface area (Å²) >= 11 is 0. The Balaban J connectivity index is 1.58. The van der Waals surface area contributed by atoms with Crippen molar-refractivity contribution in [2.24, 2.45) is 0 Å². The van der Waals surface area contributed by atoms with Gasteiger partial charge in [0.25, 0.3) is 0 Å². The van der Waals surface area contributed by atoms with Crippen LogP contribution in [-0.2, 0) is 29.0 Å². The quantitative estimate of drug-likeness (QED) is 0.474. The van der Waals surface area contributed by atoms with E-state index in [0.29, 0.717) is 31.7 Å². The summed E-state index contributed by atoms with van der Waals surface area (Å²) in [6.07, 6.45) is 1.29. The van der Waals surface area contributed by atoms with Gasteiger partial charge in [-0.15, -0.1) is 0 Å². The number of nitrogens with zero attached hydrogens (tertiary/aromatic N) is 1. The van der Waals surface area contributed by atoms with E-state index in [0.717, 1.165) is 28.0 Å².